The Bertz CT molecular complexity index is 170. The second kappa shape index (κ2) is 9.71. The zero-order chi connectivity index (χ0) is 11.5. The molecule has 0 fully saturated rings. The van der Waals surface area contributed by atoms with E-state index < -0.39 is 0 Å². The van der Waals surface area contributed by atoms with Crippen molar-refractivity contribution < 1.29 is 14.3 Å². The minimum absolute atomic E-state index is 0.0359. The number of ether oxygens (including phenoxy) is 2. The highest BCUT2D eigenvalue weighted by molar-refractivity contribution is 5.81. The van der Waals surface area contributed by atoms with Crippen LogP contribution in [0.5, 0.6) is 0 Å². The van der Waals surface area contributed by atoms with E-state index >= 15 is 0 Å². The molecule has 1 atom stereocenters. The first-order valence-corrected chi connectivity index (χ1v) is 5.65. The molecule has 0 aromatic heterocycles. The van der Waals surface area contributed by atoms with E-state index in [9.17, 15) is 4.79 Å². The van der Waals surface area contributed by atoms with Crippen LogP contribution in [0.3, 0.4) is 0 Å². The molecule has 0 rings (SSSR count). The van der Waals surface area contributed by atoms with Gasteiger partial charge in [-0.3, -0.25) is 0 Å². The molecule has 0 saturated heterocycles. The first kappa shape index (κ1) is 14.2. The minimum Gasteiger partial charge on any atom is -0.460 e. The molecule has 1 unspecified atom stereocenters. The third kappa shape index (κ3) is 8.18. The molecule has 3 nitrogen and oxygen atoms in total. The quantitative estimate of drug-likeness (QED) is 0.437. The molecular weight excluding hydrogens is 192 g/mol. The molecular formula is C12H22O3. The van der Waals surface area contributed by atoms with Gasteiger partial charge in [-0.2, -0.15) is 0 Å². The number of carbonyl (C=O) groups is 1. The van der Waals surface area contributed by atoms with Gasteiger partial charge in [0.05, 0.1) is 6.10 Å². The van der Waals surface area contributed by atoms with Crippen molar-refractivity contribution in [2.24, 2.45) is 0 Å². The Hall–Kier alpha value is -0.830. The molecule has 0 radical (unpaired) electrons. The van der Waals surface area contributed by atoms with E-state index in [2.05, 4.69) is 20.4 Å². The SMILES string of the molecule is C=CC(=O)OCC(CCCC)OCCC. The molecule has 0 amide bonds. The van der Waals surface area contributed by atoms with Crippen molar-refractivity contribution in [1.29, 1.82) is 0 Å². The van der Waals surface area contributed by atoms with Gasteiger partial charge in [-0.25, -0.2) is 4.79 Å². The van der Waals surface area contributed by atoms with E-state index in [1.807, 2.05) is 0 Å². The van der Waals surface area contributed by atoms with Crippen LogP contribution in [0.15, 0.2) is 12.7 Å². The Morgan fingerprint density at radius 2 is 2.13 bits per heavy atom. The van der Waals surface area contributed by atoms with E-state index in [1.54, 1.807) is 0 Å². The van der Waals surface area contributed by atoms with Crippen LogP contribution in [0.25, 0.3) is 0 Å². The van der Waals surface area contributed by atoms with Gasteiger partial charge in [0.25, 0.3) is 0 Å². The first-order chi connectivity index (χ1) is 7.24. The fraction of sp³-hybridized carbons (Fsp3) is 0.750. The van der Waals surface area contributed by atoms with Crippen LogP contribution in [0.2, 0.25) is 0 Å². The second-order valence-electron chi connectivity index (χ2n) is 3.47. The molecule has 88 valence electrons. The number of esters is 1. The monoisotopic (exact) mass is 214 g/mol. The zero-order valence-electron chi connectivity index (χ0n) is 9.83. The largest absolute Gasteiger partial charge is 0.460 e. The second-order valence-corrected chi connectivity index (χ2v) is 3.47. The summed E-state index contributed by atoms with van der Waals surface area (Å²) >= 11 is 0. The lowest BCUT2D eigenvalue weighted by Gasteiger charge is -2.16. The van der Waals surface area contributed by atoms with Crippen LogP contribution in [-0.2, 0) is 14.3 Å². The number of hydrogen-bond acceptors (Lipinski definition) is 3. The normalized spacial score (nSPS) is 12.1. The Morgan fingerprint density at radius 3 is 2.67 bits per heavy atom. The first-order valence-electron chi connectivity index (χ1n) is 5.65. The minimum atomic E-state index is -0.378. The summed E-state index contributed by atoms with van der Waals surface area (Å²) < 4.78 is 10.5. The highest BCUT2D eigenvalue weighted by Crippen LogP contribution is 2.06. The lowest BCUT2D eigenvalue weighted by Crippen LogP contribution is -2.22. The smallest absolute Gasteiger partial charge is 0.330 e. The molecule has 0 aliphatic carbocycles. The Morgan fingerprint density at radius 1 is 1.40 bits per heavy atom. The summed E-state index contributed by atoms with van der Waals surface area (Å²) in [4.78, 5) is 10.9. The van der Waals surface area contributed by atoms with E-state index in [0.717, 1.165) is 32.3 Å². The number of hydrogen-bond donors (Lipinski definition) is 0. The molecule has 0 aromatic carbocycles. The van der Waals surface area contributed by atoms with Gasteiger partial charge in [0, 0.05) is 12.7 Å². The number of carbonyl (C=O) groups excluding carboxylic acids is 1. The third-order valence-corrected chi connectivity index (χ3v) is 2.02. The third-order valence-electron chi connectivity index (χ3n) is 2.02. The predicted molar refractivity (Wildman–Crippen MR) is 60.7 cm³/mol. The lowest BCUT2D eigenvalue weighted by molar-refractivity contribution is -0.142. The van der Waals surface area contributed by atoms with Crippen LogP contribution in [0.1, 0.15) is 39.5 Å². The van der Waals surface area contributed by atoms with Crippen molar-refractivity contribution >= 4 is 5.97 Å². The van der Waals surface area contributed by atoms with Crippen LogP contribution in [0.4, 0.5) is 0 Å². The molecule has 0 aliphatic rings. The van der Waals surface area contributed by atoms with Crippen LogP contribution >= 0.6 is 0 Å². The van der Waals surface area contributed by atoms with Gasteiger partial charge in [0.15, 0.2) is 0 Å². The van der Waals surface area contributed by atoms with Gasteiger partial charge in [-0.15, -0.1) is 0 Å². The van der Waals surface area contributed by atoms with Crippen LogP contribution < -0.4 is 0 Å². The molecule has 0 spiro atoms. The molecule has 3 heteroatoms. The molecule has 0 aliphatic heterocycles. The summed E-state index contributed by atoms with van der Waals surface area (Å²) in [6.07, 6.45) is 5.37. The van der Waals surface area contributed by atoms with Gasteiger partial charge in [-0.1, -0.05) is 33.3 Å². The summed E-state index contributed by atoms with van der Waals surface area (Å²) in [5, 5.41) is 0. The zero-order valence-corrected chi connectivity index (χ0v) is 9.83. The maximum atomic E-state index is 10.9. The summed E-state index contributed by atoms with van der Waals surface area (Å²) in [5.74, 6) is -0.378. The maximum absolute atomic E-state index is 10.9. The average molecular weight is 214 g/mol. The molecule has 0 aromatic rings. The molecule has 0 bridgehead atoms. The van der Waals surface area contributed by atoms with Crippen LogP contribution in [0, 0.1) is 0 Å². The highest BCUT2D eigenvalue weighted by Gasteiger charge is 2.10. The molecule has 0 saturated carbocycles. The van der Waals surface area contributed by atoms with Crippen molar-refractivity contribution in [3.05, 3.63) is 12.7 Å². The Balaban J connectivity index is 3.77. The van der Waals surface area contributed by atoms with Gasteiger partial charge in [0.2, 0.25) is 0 Å². The summed E-state index contributed by atoms with van der Waals surface area (Å²) in [5.41, 5.74) is 0. The van der Waals surface area contributed by atoms with E-state index in [-0.39, 0.29) is 12.1 Å². The molecule has 0 heterocycles. The number of rotatable bonds is 9. The maximum Gasteiger partial charge on any atom is 0.330 e. The van der Waals surface area contributed by atoms with Gasteiger partial charge >= 0.3 is 5.97 Å². The van der Waals surface area contributed by atoms with Gasteiger partial charge in [-0.05, 0) is 12.8 Å². The Labute approximate surface area is 92.5 Å². The van der Waals surface area contributed by atoms with E-state index in [4.69, 9.17) is 9.47 Å². The number of unbranched alkanes of at least 4 members (excludes halogenated alkanes) is 1. The highest BCUT2D eigenvalue weighted by atomic mass is 16.6. The molecule has 0 N–H and O–H groups in total. The van der Waals surface area contributed by atoms with Crippen molar-refractivity contribution in [3.63, 3.8) is 0 Å². The average Bonchev–Trinajstić information content (AvgIpc) is 2.27. The topological polar surface area (TPSA) is 35.5 Å². The standard InChI is InChI=1S/C12H22O3/c1-4-7-8-11(14-9-5-2)10-15-12(13)6-3/h6,11H,3-5,7-10H2,1-2H3. The van der Waals surface area contributed by atoms with Crippen molar-refractivity contribution in [2.75, 3.05) is 13.2 Å². The summed E-state index contributed by atoms with van der Waals surface area (Å²) in [6.45, 7) is 8.60. The van der Waals surface area contributed by atoms with Gasteiger partial charge < -0.3 is 9.47 Å². The Kier molecular flexibility index (Phi) is 9.18. The van der Waals surface area contributed by atoms with Crippen LogP contribution in [-0.4, -0.2) is 25.3 Å². The van der Waals surface area contributed by atoms with Crippen molar-refractivity contribution in [1.82, 2.24) is 0 Å². The summed E-state index contributed by atoms with van der Waals surface area (Å²) in [7, 11) is 0. The van der Waals surface area contributed by atoms with E-state index in [0.29, 0.717) is 6.61 Å². The van der Waals surface area contributed by atoms with Crippen molar-refractivity contribution in [3.8, 4) is 0 Å². The predicted octanol–water partition coefficient (Wildman–Crippen LogP) is 2.70. The van der Waals surface area contributed by atoms with Crippen molar-refractivity contribution in [2.45, 2.75) is 45.6 Å². The lowest BCUT2D eigenvalue weighted by atomic mass is 10.2. The molecule has 15 heavy (non-hydrogen) atoms. The van der Waals surface area contributed by atoms with E-state index in [1.165, 1.54) is 6.08 Å². The summed E-state index contributed by atoms with van der Waals surface area (Å²) in [6, 6.07) is 0. The van der Waals surface area contributed by atoms with Gasteiger partial charge in [0.1, 0.15) is 6.61 Å². The fourth-order valence-corrected chi connectivity index (χ4v) is 1.17. The fourth-order valence-electron chi connectivity index (χ4n) is 1.17.